The molecule has 3 aromatic carbocycles. The number of rotatable bonds is 35. The third kappa shape index (κ3) is 28.2. The zero-order valence-electron chi connectivity index (χ0n) is 86.2. The van der Waals surface area contributed by atoms with Crippen LogP contribution in [0.25, 0.3) is 31.1 Å². The molecule has 122 heavy (non-hydrogen) atoms. The smallest absolute Gasteiger partial charge is 0.137 e. The van der Waals surface area contributed by atoms with Crippen LogP contribution < -0.4 is 0 Å². The minimum Gasteiger partial charge on any atom is -0.466 e. The van der Waals surface area contributed by atoms with Crippen LogP contribution in [0.1, 0.15) is 489 Å². The van der Waals surface area contributed by atoms with Gasteiger partial charge in [0, 0.05) is 58.1 Å². The van der Waals surface area contributed by atoms with E-state index < -0.39 is 0 Å². The average molecular weight is 1720 g/mol. The Bertz CT molecular complexity index is 4490. The van der Waals surface area contributed by atoms with Gasteiger partial charge in [0.2, 0.25) is 0 Å². The minimum atomic E-state index is 0.632. The maximum atomic E-state index is 5.91. The van der Waals surface area contributed by atoms with Gasteiger partial charge in [0.1, 0.15) is 17.1 Å². The second kappa shape index (κ2) is 54.5. The van der Waals surface area contributed by atoms with Crippen LogP contribution >= 0.6 is 34.0 Å². The molecule has 10 rings (SSSR count). The summed E-state index contributed by atoms with van der Waals surface area (Å²) < 4.78 is 14.6. The quantitative estimate of drug-likeness (QED) is 0.0397. The van der Waals surface area contributed by atoms with Crippen molar-refractivity contribution in [3.63, 3.8) is 0 Å². The molecule has 0 atom stereocenters. The summed E-state index contributed by atoms with van der Waals surface area (Å²) in [5, 5.41) is 6.53. The largest absolute Gasteiger partial charge is 0.466 e. The minimum absolute atomic E-state index is 0.632. The van der Waals surface area contributed by atoms with Crippen LogP contribution in [0.3, 0.4) is 0 Å². The summed E-state index contributed by atoms with van der Waals surface area (Å²) in [5.41, 5.74) is 38.4. The first kappa shape index (κ1) is 109. The Morgan fingerprint density at radius 2 is 0.631 bits per heavy atom. The van der Waals surface area contributed by atoms with Crippen molar-refractivity contribution in [2.75, 3.05) is 0 Å². The van der Waals surface area contributed by atoms with Crippen LogP contribution in [0.4, 0.5) is 0 Å². The van der Waals surface area contributed by atoms with E-state index in [-0.39, 0.29) is 0 Å². The highest BCUT2D eigenvalue weighted by atomic mass is 32.1. The molecule has 7 heteroatoms. The molecular weight excluding hydrogens is 1540 g/mol. The van der Waals surface area contributed by atoms with Gasteiger partial charge >= 0.3 is 0 Å². The molecule has 0 amide bonds. The van der Waals surface area contributed by atoms with E-state index in [0.29, 0.717) is 17.8 Å². The van der Waals surface area contributed by atoms with Crippen molar-refractivity contribution in [2.45, 2.75) is 484 Å². The molecule has 4 nitrogen and oxygen atoms in total. The Morgan fingerprint density at radius 1 is 0.270 bits per heavy atom. The number of aromatic nitrogens is 2. The van der Waals surface area contributed by atoms with Gasteiger partial charge in [-0.2, -0.15) is 0 Å². The van der Waals surface area contributed by atoms with Crippen LogP contribution in [0, 0.1) is 166 Å². The maximum Gasteiger partial charge on any atom is 0.137 e. The molecule has 0 bridgehead atoms. The van der Waals surface area contributed by atoms with E-state index in [9.17, 15) is 0 Å². The van der Waals surface area contributed by atoms with Gasteiger partial charge in [-0.15, -0.1) is 34.0 Å². The lowest BCUT2D eigenvalue weighted by Gasteiger charge is -2.23. The van der Waals surface area contributed by atoms with Crippen molar-refractivity contribution in [3.05, 3.63) is 201 Å². The molecule has 0 N–H and O–H groups in total. The molecule has 0 aliphatic carbocycles. The first-order chi connectivity index (χ1) is 58.0. The van der Waals surface area contributed by atoms with Gasteiger partial charge in [0.25, 0.3) is 0 Å². The fraction of sp³-hybridized carbons (Fsp3) is 0.635. The second-order valence-corrected chi connectivity index (χ2v) is 40.4. The van der Waals surface area contributed by atoms with Crippen LogP contribution in [0.5, 0.6) is 0 Å². The van der Waals surface area contributed by atoms with Crippen molar-refractivity contribution in [2.24, 2.45) is 0 Å². The standard InChI is InChI=1S/C19H28S.C18H26O.C18H26S.2C16H27N.C14H24O.C14H24S/c1-7-9-16(10-8-2)18-11-17-14(5)12(3)13(4)15(6)19(17)20-18;2*1-6-8-15(9-7-2)17-12(3)13(4)18-16(14(17)5)10-11-19-18;1-7-9-15(10-8-2)16-11(3)13(5)17-14(6)12(16)4;1-7-9-15(10-8-2)16-12(4)11(3)13(5)17-14(16)6;2*1-6-8-13(9-7-2)14-11(4)10(3)12(5)15-14/h11,16H,7-10H2,1-6H3;2*10-11,15H,6-9H2,1-5H3;2*15H,7-10H2,1-6H3;2*13H,6-9H2,1-5H3. The molecule has 0 aliphatic heterocycles. The van der Waals surface area contributed by atoms with Gasteiger partial charge in [-0.3, -0.25) is 9.97 Å². The molecule has 0 spiro atoms. The first-order valence-electron chi connectivity index (χ1n) is 49.5. The Morgan fingerprint density at radius 3 is 1.05 bits per heavy atom. The molecule has 0 saturated carbocycles. The summed E-state index contributed by atoms with van der Waals surface area (Å²) >= 11 is 5.97. The number of fused-ring (bicyclic) bond motifs is 3. The summed E-state index contributed by atoms with van der Waals surface area (Å²) in [7, 11) is 0. The number of hydrogen-bond donors (Lipinski definition) is 0. The van der Waals surface area contributed by atoms with Gasteiger partial charge in [0.15, 0.2) is 0 Å². The zero-order chi connectivity index (χ0) is 91.7. The SMILES string of the molecule is CCCC(CCC)c1c(C)c(C)c2occc2c1C.CCCC(CCC)c1c(C)c(C)c2sccc2c1C.CCCC(CCC)c1c(C)c(C)nc(C)c1C.CCCC(CCC)c1c(C)nc(C)c(C)c1C.CCCC(CCC)c1cc2c(C)c(C)c(C)c(C)c2s1.CCCC(CCC)c1oc(C)c(C)c1C.CCCC(CCC)c1sc(C)c(C)c1C. The van der Waals surface area contributed by atoms with Crippen molar-refractivity contribution in [1.29, 1.82) is 0 Å². The molecule has 7 heterocycles. The summed E-state index contributed by atoms with van der Waals surface area (Å²) in [6.45, 7) is 85.6. The average Bonchev–Trinajstić information content (AvgIpc) is 1.56. The van der Waals surface area contributed by atoms with Gasteiger partial charge in [0.05, 0.1) is 6.26 Å². The third-order valence-corrected chi connectivity index (χ3v) is 32.3. The van der Waals surface area contributed by atoms with Crippen LogP contribution in [-0.2, 0) is 0 Å². The highest BCUT2D eigenvalue weighted by Gasteiger charge is 2.26. The summed E-state index contributed by atoms with van der Waals surface area (Å²) in [6.07, 6.45) is 37.9. The fourth-order valence-electron chi connectivity index (χ4n) is 20.3. The van der Waals surface area contributed by atoms with Crippen LogP contribution in [0.2, 0.25) is 0 Å². The molecule has 0 aliphatic rings. The predicted octanol–water partition coefficient (Wildman–Crippen LogP) is 39.6. The van der Waals surface area contributed by atoms with Gasteiger partial charge in [-0.25, -0.2) is 0 Å². The summed E-state index contributed by atoms with van der Waals surface area (Å²) in [5.74, 6) is 7.44. The van der Waals surface area contributed by atoms with Crippen molar-refractivity contribution in [3.8, 4) is 0 Å². The Balaban J connectivity index is 0.000000300. The van der Waals surface area contributed by atoms with Crippen molar-refractivity contribution < 1.29 is 8.83 Å². The van der Waals surface area contributed by atoms with Crippen LogP contribution in [0.15, 0.2) is 38.7 Å². The molecule has 0 unspecified atom stereocenters. The van der Waals surface area contributed by atoms with E-state index in [4.69, 9.17) is 13.8 Å². The zero-order valence-corrected chi connectivity index (χ0v) is 88.6. The first-order valence-corrected chi connectivity index (χ1v) is 52.0. The molecule has 682 valence electrons. The van der Waals surface area contributed by atoms with E-state index >= 15 is 0 Å². The molecule has 10 aromatic rings. The van der Waals surface area contributed by atoms with Gasteiger partial charge < -0.3 is 8.83 Å². The number of nitrogens with zero attached hydrogens (tertiary/aromatic N) is 2. The highest BCUT2D eigenvalue weighted by Crippen LogP contribution is 2.45. The van der Waals surface area contributed by atoms with E-state index in [0.717, 1.165) is 35.0 Å². The number of aryl methyl sites for hydroxylation is 12. The monoisotopic (exact) mass is 1720 g/mol. The summed E-state index contributed by atoms with van der Waals surface area (Å²) in [4.78, 5) is 14.1. The number of hydrogen-bond acceptors (Lipinski definition) is 7. The lowest BCUT2D eigenvalue weighted by molar-refractivity contribution is 0.409. The third-order valence-electron chi connectivity index (χ3n) is 28.4. The Labute approximate surface area is 763 Å². The highest BCUT2D eigenvalue weighted by molar-refractivity contribution is 7.19. The molecule has 0 radical (unpaired) electrons. The molecular formula is C115H182N2O2S3. The lowest BCUT2D eigenvalue weighted by atomic mass is 9.82. The van der Waals surface area contributed by atoms with Gasteiger partial charge in [-0.05, 0) is 448 Å². The number of furan rings is 2. The summed E-state index contributed by atoms with van der Waals surface area (Å²) in [6, 6.07) is 6.92. The fourth-order valence-corrected chi connectivity index (χ4v) is 24.1. The maximum absolute atomic E-state index is 5.91. The molecule has 7 aromatic heterocycles. The lowest BCUT2D eigenvalue weighted by Crippen LogP contribution is -2.08. The predicted molar refractivity (Wildman–Crippen MR) is 553 cm³/mol. The number of pyridine rings is 2. The Kier molecular flexibility index (Phi) is 48.6. The topological polar surface area (TPSA) is 52.1 Å². The Hall–Kier alpha value is -5.60. The van der Waals surface area contributed by atoms with Crippen molar-refractivity contribution >= 4 is 65.2 Å². The number of benzene rings is 3. The van der Waals surface area contributed by atoms with Crippen molar-refractivity contribution in [1.82, 2.24) is 9.97 Å². The van der Waals surface area contributed by atoms with E-state index in [1.807, 2.05) is 40.3 Å². The number of thiophene rings is 3. The van der Waals surface area contributed by atoms with E-state index in [1.165, 1.54) is 333 Å². The van der Waals surface area contributed by atoms with Crippen LogP contribution in [-0.4, -0.2) is 9.97 Å². The van der Waals surface area contributed by atoms with E-state index in [1.54, 1.807) is 37.6 Å². The van der Waals surface area contributed by atoms with E-state index in [2.05, 4.69) is 292 Å². The molecule has 0 fully saturated rings. The second-order valence-electron chi connectivity index (χ2n) is 37.2. The molecule has 0 saturated heterocycles. The normalized spacial score (nSPS) is 11.5. The van der Waals surface area contributed by atoms with Gasteiger partial charge in [-0.1, -0.05) is 187 Å².